The number of piperidine rings is 1. The fourth-order valence-corrected chi connectivity index (χ4v) is 5.31. The number of benzene rings is 1. The molecule has 0 aliphatic carbocycles. The summed E-state index contributed by atoms with van der Waals surface area (Å²) in [6.07, 6.45) is 3.51. The number of anilines is 1. The van der Waals surface area contributed by atoms with E-state index in [9.17, 15) is 4.79 Å². The van der Waals surface area contributed by atoms with E-state index >= 15 is 0 Å². The average molecular weight is 521 g/mol. The van der Waals surface area contributed by atoms with E-state index in [4.69, 9.17) is 25.3 Å². The molecule has 4 heterocycles. The van der Waals surface area contributed by atoms with Crippen LogP contribution in [0.2, 0.25) is 0 Å². The molecule has 1 aromatic rings. The third kappa shape index (κ3) is 4.16. The summed E-state index contributed by atoms with van der Waals surface area (Å²) < 4.78 is 13.7. The quantitative estimate of drug-likeness (QED) is 0.515. The van der Waals surface area contributed by atoms with Gasteiger partial charge in [0.05, 0.1) is 6.33 Å². The molecule has 0 atom stereocenters. The minimum atomic E-state index is -0.839. The number of aromatic nitrogens is 4. The second-order valence-corrected chi connectivity index (χ2v) is 9.60. The van der Waals surface area contributed by atoms with Crippen molar-refractivity contribution in [2.45, 2.75) is 35.9 Å². The SMILES string of the molecule is Nc1ncn(CCC2CCN(C(=O)O)CC2)c2nc(Sc3cc4c(cc3Br)OCO4)nc1-2. The Morgan fingerprint density at radius 1 is 1.25 bits per heavy atom. The van der Waals surface area contributed by atoms with Crippen LogP contribution >= 0.6 is 27.7 Å². The molecule has 0 unspecified atom stereocenters. The Bertz CT molecular complexity index is 1130. The molecule has 4 aliphatic rings. The lowest BCUT2D eigenvalue weighted by atomic mass is 9.94. The molecule has 168 valence electrons. The van der Waals surface area contributed by atoms with Gasteiger partial charge in [0.1, 0.15) is 0 Å². The van der Waals surface area contributed by atoms with Crippen molar-refractivity contribution in [2.75, 3.05) is 25.6 Å². The number of nitrogens with two attached hydrogens (primary N) is 1. The highest BCUT2D eigenvalue weighted by Gasteiger charge is 2.24. The maximum atomic E-state index is 11.1. The van der Waals surface area contributed by atoms with E-state index in [0.29, 0.717) is 53.0 Å². The molecular weight excluding hydrogens is 500 g/mol. The van der Waals surface area contributed by atoms with Crippen molar-refractivity contribution in [1.82, 2.24) is 24.4 Å². The topological polar surface area (TPSA) is 129 Å². The van der Waals surface area contributed by atoms with E-state index in [1.807, 2.05) is 16.7 Å². The molecule has 12 heteroatoms. The van der Waals surface area contributed by atoms with Gasteiger partial charge in [-0.3, -0.25) is 0 Å². The van der Waals surface area contributed by atoms with E-state index in [-0.39, 0.29) is 6.79 Å². The molecule has 0 saturated carbocycles. The zero-order valence-corrected chi connectivity index (χ0v) is 19.4. The van der Waals surface area contributed by atoms with E-state index in [2.05, 4.69) is 25.9 Å². The molecule has 1 saturated heterocycles. The summed E-state index contributed by atoms with van der Waals surface area (Å²) in [5, 5.41) is 9.69. The number of aryl methyl sites for hydroxylation is 1. The van der Waals surface area contributed by atoms with Crippen LogP contribution in [0, 0.1) is 5.92 Å². The molecule has 1 amide bonds. The highest BCUT2D eigenvalue weighted by atomic mass is 79.9. The molecule has 0 radical (unpaired) electrons. The number of amides is 1. The Hall–Kier alpha value is -2.73. The first-order valence-corrected chi connectivity index (χ1v) is 11.8. The molecular formula is C20H21BrN6O4S. The number of nitrogens with zero attached hydrogens (tertiary/aromatic N) is 5. The van der Waals surface area contributed by atoms with Crippen LogP contribution in [0.15, 0.2) is 33.0 Å². The predicted octanol–water partition coefficient (Wildman–Crippen LogP) is 3.78. The zero-order valence-electron chi connectivity index (χ0n) is 17.0. The molecule has 32 heavy (non-hydrogen) atoms. The Morgan fingerprint density at radius 3 is 2.75 bits per heavy atom. The van der Waals surface area contributed by atoms with Crippen LogP contribution in [0.4, 0.5) is 10.6 Å². The molecule has 1 fully saturated rings. The van der Waals surface area contributed by atoms with Gasteiger partial charge in [0, 0.05) is 29.0 Å². The van der Waals surface area contributed by atoms with E-state index in [1.54, 1.807) is 6.33 Å². The number of fused-ring (bicyclic) bond motifs is 2. The monoisotopic (exact) mass is 520 g/mol. The van der Waals surface area contributed by atoms with Crippen molar-refractivity contribution in [3.05, 3.63) is 22.9 Å². The molecule has 10 nitrogen and oxygen atoms in total. The van der Waals surface area contributed by atoms with E-state index in [0.717, 1.165) is 35.2 Å². The van der Waals surface area contributed by atoms with Gasteiger partial charge in [-0.2, -0.15) is 0 Å². The second-order valence-electron chi connectivity index (χ2n) is 7.74. The number of nitrogen functional groups attached to an aromatic ring is 1. The van der Waals surface area contributed by atoms with Gasteiger partial charge in [-0.25, -0.2) is 19.7 Å². The maximum Gasteiger partial charge on any atom is 0.407 e. The lowest BCUT2D eigenvalue weighted by Gasteiger charge is -2.30. The van der Waals surface area contributed by atoms with Gasteiger partial charge in [-0.05, 0) is 65.0 Å². The second kappa shape index (κ2) is 8.66. The highest BCUT2D eigenvalue weighted by molar-refractivity contribution is 9.10. The minimum absolute atomic E-state index is 0.212. The van der Waals surface area contributed by atoms with Crippen molar-refractivity contribution in [2.24, 2.45) is 5.92 Å². The summed E-state index contributed by atoms with van der Waals surface area (Å²) in [5.41, 5.74) is 6.65. The summed E-state index contributed by atoms with van der Waals surface area (Å²) in [6.45, 7) is 2.10. The first kappa shape index (κ1) is 21.1. The van der Waals surface area contributed by atoms with Crippen molar-refractivity contribution >= 4 is 39.6 Å². The average Bonchev–Trinajstić information content (AvgIpc) is 3.41. The van der Waals surface area contributed by atoms with Gasteiger partial charge in [-0.15, -0.1) is 0 Å². The fourth-order valence-electron chi connectivity index (χ4n) is 3.95. The molecule has 3 N–H and O–H groups in total. The van der Waals surface area contributed by atoms with Crippen LogP contribution in [-0.2, 0) is 6.54 Å². The van der Waals surface area contributed by atoms with Crippen LogP contribution < -0.4 is 15.2 Å². The van der Waals surface area contributed by atoms with Crippen LogP contribution in [0.25, 0.3) is 11.5 Å². The molecule has 5 rings (SSSR count). The summed E-state index contributed by atoms with van der Waals surface area (Å²) in [7, 11) is 0. The van der Waals surface area contributed by atoms with Crippen LogP contribution in [0.1, 0.15) is 19.3 Å². The van der Waals surface area contributed by atoms with Gasteiger partial charge >= 0.3 is 6.09 Å². The standard InChI is InChI=1S/C20H21BrN6O4S/c21-12-7-13-14(31-10-30-13)8-15(12)32-19-24-16-17(22)23-9-27(18(16)25-19)6-3-11-1-4-26(5-2-11)20(28)29/h7-9,11H,1-6,10,22H2,(H,28,29). The van der Waals surface area contributed by atoms with Gasteiger partial charge in [0.15, 0.2) is 34.0 Å². The van der Waals surface area contributed by atoms with Gasteiger partial charge in [-0.1, -0.05) is 0 Å². The van der Waals surface area contributed by atoms with Crippen LogP contribution in [0.3, 0.4) is 0 Å². The zero-order chi connectivity index (χ0) is 22.2. The summed E-state index contributed by atoms with van der Waals surface area (Å²) in [5.74, 6) is 2.90. The molecule has 1 aromatic carbocycles. The first-order chi connectivity index (χ1) is 15.5. The summed E-state index contributed by atoms with van der Waals surface area (Å²) in [6, 6.07) is 3.77. The predicted molar refractivity (Wildman–Crippen MR) is 120 cm³/mol. The normalized spacial score (nSPS) is 16.1. The third-order valence-electron chi connectivity index (χ3n) is 5.76. The number of rotatable bonds is 5. The van der Waals surface area contributed by atoms with Gasteiger partial charge in [0.25, 0.3) is 0 Å². The first-order valence-electron chi connectivity index (χ1n) is 10.2. The number of imidazole rings is 1. The lowest BCUT2D eigenvalue weighted by Crippen LogP contribution is -2.37. The Morgan fingerprint density at radius 2 is 2.00 bits per heavy atom. The number of carboxylic acid groups (broad SMARTS) is 1. The number of carbonyl (C=O) groups is 1. The largest absolute Gasteiger partial charge is 0.465 e. The molecule has 0 bridgehead atoms. The Balaban J connectivity index is 1.32. The van der Waals surface area contributed by atoms with Crippen molar-refractivity contribution in [3.8, 4) is 23.0 Å². The Labute approximate surface area is 196 Å². The smallest absolute Gasteiger partial charge is 0.407 e. The van der Waals surface area contributed by atoms with Crippen molar-refractivity contribution < 1.29 is 19.4 Å². The van der Waals surface area contributed by atoms with Gasteiger partial charge < -0.3 is 29.8 Å². The van der Waals surface area contributed by atoms with E-state index in [1.165, 1.54) is 16.7 Å². The molecule has 0 spiro atoms. The van der Waals surface area contributed by atoms with Crippen LogP contribution in [-0.4, -0.2) is 55.5 Å². The third-order valence-corrected chi connectivity index (χ3v) is 7.60. The molecule has 0 aromatic heterocycles. The summed E-state index contributed by atoms with van der Waals surface area (Å²) >= 11 is 4.98. The van der Waals surface area contributed by atoms with Gasteiger partial charge in [0.2, 0.25) is 6.79 Å². The number of ether oxygens (including phenoxy) is 2. The highest BCUT2D eigenvalue weighted by Crippen LogP contribution is 2.43. The maximum absolute atomic E-state index is 11.1. The Kier molecular flexibility index (Phi) is 5.72. The molecule has 4 aliphatic heterocycles. The summed E-state index contributed by atoms with van der Waals surface area (Å²) in [4.78, 5) is 27.1. The number of halogens is 1. The fraction of sp³-hybridized carbons (Fsp3) is 0.400. The number of likely N-dealkylation sites (tertiary alicyclic amines) is 1. The number of hydrogen-bond donors (Lipinski definition) is 2. The minimum Gasteiger partial charge on any atom is -0.465 e. The number of hydrogen-bond acceptors (Lipinski definition) is 8. The lowest BCUT2D eigenvalue weighted by molar-refractivity contribution is 0.122. The van der Waals surface area contributed by atoms with Crippen LogP contribution in [0.5, 0.6) is 11.5 Å². The van der Waals surface area contributed by atoms with E-state index < -0.39 is 6.09 Å². The van der Waals surface area contributed by atoms with Crippen molar-refractivity contribution in [3.63, 3.8) is 0 Å². The van der Waals surface area contributed by atoms with Crippen molar-refractivity contribution in [1.29, 1.82) is 0 Å².